The van der Waals surface area contributed by atoms with Crippen molar-refractivity contribution in [2.75, 3.05) is 13.1 Å². The van der Waals surface area contributed by atoms with E-state index in [1.807, 2.05) is 0 Å². The predicted molar refractivity (Wildman–Crippen MR) is 60.9 cm³/mol. The van der Waals surface area contributed by atoms with E-state index < -0.39 is 26.7 Å². The molecule has 1 aliphatic heterocycles. The average molecular weight is 307 g/mol. The Labute approximate surface area is 108 Å². The summed E-state index contributed by atoms with van der Waals surface area (Å²) in [5.74, 6) is 0. The third kappa shape index (κ3) is 4.00. The highest BCUT2D eigenvalue weighted by Gasteiger charge is 2.51. The molecule has 1 heterocycles. The van der Waals surface area contributed by atoms with Crippen LogP contribution in [0.25, 0.3) is 0 Å². The van der Waals surface area contributed by atoms with E-state index in [9.17, 15) is 17.2 Å². The maximum Gasteiger partial charge on any atom is 0.433 e. The highest BCUT2D eigenvalue weighted by molar-refractivity contribution is 8.10. The van der Waals surface area contributed by atoms with Gasteiger partial charge in [0, 0.05) is 13.1 Å². The van der Waals surface area contributed by atoms with Crippen LogP contribution in [0.15, 0.2) is 0 Å². The number of rotatable bonds is 5. The first-order valence-corrected chi connectivity index (χ1v) is 7.63. The molecule has 0 saturated carbocycles. The first kappa shape index (κ1) is 16.1. The highest BCUT2D eigenvalue weighted by atomic mass is 32.3. The summed E-state index contributed by atoms with van der Waals surface area (Å²) in [4.78, 5) is 0. The second-order valence-corrected chi connectivity index (χ2v) is 6.91. The molecule has 1 N–H and O–H groups in total. The molecule has 0 atom stereocenters. The van der Waals surface area contributed by atoms with E-state index in [2.05, 4.69) is 9.37 Å². The van der Waals surface area contributed by atoms with E-state index in [0.29, 0.717) is 12.8 Å². The van der Waals surface area contributed by atoms with Crippen LogP contribution in [-0.4, -0.2) is 35.7 Å². The fourth-order valence-corrected chi connectivity index (χ4v) is 3.60. The summed E-state index contributed by atoms with van der Waals surface area (Å²) >= 11 is -0.744. The second kappa shape index (κ2) is 6.96. The van der Waals surface area contributed by atoms with Crippen molar-refractivity contribution < 1.29 is 31.8 Å². The topological polar surface area (TPSA) is 76.1 Å². The number of nitrogens with zero attached hydrogens (tertiary/aromatic N) is 1. The maximum atomic E-state index is 13.4. The van der Waals surface area contributed by atoms with E-state index in [0.717, 1.165) is 23.6 Å². The van der Waals surface area contributed by atoms with Crippen molar-refractivity contribution in [3.8, 4) is 0 Å². The Morgan fingerprint density at radius 3 is 2.11 bits per heavy atom. The largest absolute Gasteiger partial charge is 0.433 e. The van der Waals surface area contributed by atoms with Crippen LogP contribution in [0.4, 0.5) is 8.78 Å². The standard InChI is InChI=1S/C8H15F2NO5S2/c9-8(10,17-16-15-12)18(13,14)11-6-4-2-1-3-5-7-11/h12H,1-7H2. The van der Waals surface area contributed by atoms with Gasteiger partial charge in [-0.25, -0.2) is 13.7 Å². The molecule has 1 aliphatic rings. The Balaban J connectivity index is 2.75. The van der Waals surface area contributed by atoms with E-state index in [4.69, 9.17) is 5.26 Å². The lowest BCUT2D eigenvalue weighted by Crippen LogP contribution is -2.42. The number of hydrogen-bond donors (Lipinski definition) is 1. The molecule has 0 bridgehead atoms. The third-order valence-corrected chi connectivity index (χ3v) is 5.42. The Morgan fingerprint density at radius 2 is 1.61 bits per heavy atom. The van der Waals surface area contributed by atoms with Gasteiger partial charge < -0.3 is 0 Å². The van der Waals surface area contributed by atoms with Crippen molar-refractivity contribution in [3.05, 3.63) is 0 Å². The van der Waals surface area contributed by atoms with Gasteiger partial charge in [-0.1, -0.05) is 24.3 Å². The van der Waals surface area contributed by atoms with Gasteiger partial charge in [-0.05, 0) is 12.8 Å². The molecule has 0 aromatic heterocycles. The van der Waals surface area contributed by atoms with Crippen LogP contribution in [0.5, 0.6) is 0 Å². The van der Waals surface area contributed by atoms with Gasteiger partial charge in [-0.3, -0.25) is 0 Å². The van der Waals surface area contributed by atoms with Gasteiger partial charge in [0.25, 0.3) is 10.0 Å². The number of halogens is 2. The number of alkyl halides is 2. The molecule has 0 spiro atoms. The molecule has 0 aromatic rings. The lowest BCUT2D eigenvalue weighted by molar-refractivity contribution is -0.433. The van der Waals surface area contributed by atoms with Gasteiger partial charge >= 0.3 is 4.59 Å². The second-order valence-electron chi connectivity index (χ2n) is 3.86. The first-order valence-electron chi connectivity index (χ1n) is 5.45. The van der Waals surface area contributed by atoms with Crippen molar-refractivity contribution in [2.45, 2.75) is 36.7 Å². The lowest BCUT2D eigenvalue weighted by Gasteiger charge is -2.26. The third-order valence-electron chi connectivity index (χ3n) is 2.62. The Hall–Kier alpha value is -0.0000000000000000971. The summed E-state index contributed by atoms with van der Waals surface area (Å²) in [6, 6.07) is 0. The maximum absolute atomic E-state index is 13.4. The van der Waals surface area contributed by atoms with Crippen LogP contribution in [0.2, 0.25) is 0 Å². The van der Waals surface area contributed by atoms with Gasteiger partial charge in [-0.2, -0.15) is 13.1 Å². The highest BCUT2D eigenvalue weighted by Crippen LogP contribution is 2.38. The predicted octanol–water partition coefficient (Wildman–Crippen LogP) is 2.20. The molecule has 1 saturated heterocycles. The minimum absolute atomic E-state index is 0.0679. The van der Waals surface area contributed by atoms with Crippen molar-refractivity contribution in [2.24, 2.45) is 0 Å². The van der Waals surface area contributed by atoms with Crippen molar-refractivity contribution >= 4 is 22.1 Å². The molecule has 6 nitrogen and oxygen atoms in total. The van der Waals surface area contributed by atoms with Crippen LogP contribution in [0.3, 0.4) is 0 Å². The fourth-order valence-electron chi connectivity index (χ4n) is 1.71. The Kier molecular flexibility index (Phi) is 6.21. The summed E-state index contributed by atoms with van der Waals surface area (Å²) in [6.07, 6.45) is 3.73. The quantitative estimate of drug-likeness (QED) is 0.477. The summed E-state index contributed by atoms with van der Waals surface area (Å²) < 4.78 is 50.4. The van der Waals surface area contributed by atoms with Gasteiger partial charge in [0.1, 0.15) is 12.0 Å². The Bertz CT molecular complexity index is 343. The van der Waals surface area contributed by atoms with Crippen molar-refractivity contribution in [3.63, 3.8) is 0 Å². The molecular weight excluding hydrogens is 292 g/mol. The normalized spacial score (nSPS) is 20.4. The smallest absolute Gasteiger partial charge is 0.220 e. The van der Waals surface area contributed by atoms with Crippen molar-refractivity contribution in [1.29, 1.82) is 0 Å². The van der Waals surface area contributed by atoms with E-state index in [-0.39, 0.29) is 13.1 Å². The molecule has 1 fully saturated rings. The molecule has 108 valence electrons. The minimum atomic E-state index is -4.83. The molecule has 18 heavy (non-hydrogen) atoms. The molecule has 0 unspecified atom stereocenters. The monoisotopic (exact) mass is 307 g/mol. The molecule has 10 heteroatoms. The zero-order valence-electron chi connectivity index (χ0n) is 9.55. The molecular formula is C8H15F2NO5S2. The Morgan fingerprint density at radius 1 is 1.11 bits per heavy atom. The molecule has 0 aliphatic carbocycles. The van der Waals surface area contributed by atoms with Crippen LogP contribution in [-0.2, 0) is 19.4 Å². The summed E-state index contributed by atoms with van der Waals surface area (Å²) in [6.45, 7) is 0.136. The molecule has 1 rings (SSSR count). The molecule has 0 amide bonds. The van der Waals surface area contributed by atoms with E-state index in [1.165, 1.54) is 0 Å². The summed E-state index contributed by atoms with van der Waals surface area (Å²) in [5, 5.41) is 10.8. The van der Waals surface area contributed by atoms with Crippen LogP contribution < -0.4 is 0 Å². The number of sulfonamides is 1. The number of hydrogen-bond acceptors (Lipinski definition) is 6. The first-order chi connectivity index (χ1) is 8.42. The fraction of sp³-hybridized carbons (Fsp3) is 1.00. The molecule has 0 aromatic carbocycles. The van der Waals surface area contributed by atoms with Crippen LogP contribution in [0, 0.1) is 0 Å². The van der Waals surface area contributed by atoms with E-state index in [1.54, 1.807) is 0 Å². The average Bonchev–Trinajstić information content (AvgIpc) is 2.25. The zero-order valence-corrected chi connectivity index (χ0v) is 11.2. The lowest BCUT2D eigenvalue weighted by atomic mass is 10.1. The van der Waals surface area contributed by atoms with Crippen molar-refractivity contribution in [1.82, 2.24) is 4.31 Å². The van der Waals surface area contributed by atoms with Gasteiger partial charge in [0.15, 0.2) is 0 Å². The SMILES string of the molecule is O=S(=O)(N1CCCCCCC1)C(F)(F)SOOO. The minimum Gasteiger partial charge on any atom is -0.220 e. The van der Waals surface area contributed by atoms with Gasteiger partial charge in [-0.15, -0.1) is 4.33 Å². The van der Waals surface area contributed by atoms with Gasteiger partial charge in [0.05, 0.1) is 0 Å². The molecule has 0 radical (unpaired) electrons. The van der Waals surface area contributed by atoms with Crippen LogP contribution >= 0.6 is 12.0 Å². The summed E-state index contributed by atoms with van der Waals surface area (Å²) in [7, 11) is -4.83. The zero-order chi connectivity index (χ0) is 13.6. The van der Waals surface area contributed by atoms with Gasteiger partial charge in [0.2, 0.25) is 0 Å². The van der Waals surface area contributed by atoms with E-state index >= 15 is 0 Å². The summed E-state index contributed by atoms with van der Waals surface area (Å²) in [5.41, 5.74) is 0. The van der Waals surface area contributed by atoms with Crippen LogP contribution in [0.1, 0.15) is 32.1 Å².